The van der Waals surface area contributed by atoms with Gasteiger partial charge in [-0.25, -0.2) is 5.84 Å². The van der Waals surface area contributed by atoms with E-state index < -0.39 is 0 Å². The van der Waals surface area contributed by atoms with E-state index in [2.05, 4.69) is 20.8 Å². The number of nitrogens with zero attached hydrogens (tertiary/aromatic N) is 3. The van der Waals surface area contributed by atoms with E-state index in [9.17, 15) is 0 Å². The maximum Gasteiger partial charge on any atom is 0.205 e. The molecule has 0 aromatic carbocycles. The molecule has 0 atom stereocenters. The van der Waals surface area contributed by atoms with Crippen molar-refractivity contribution in [1.29, 1.82) is 0 Å². The first-order chi connectivity index (χ1) is 8.78. The van der Waals surface area contributed by atoms with Crippen LogP contribution in [0.2, 0.25) is 0 Å². The van der Waals surface area contributed by atoms with Gasteiger partial charge in [-0.05, 0) is 18.9 Å². The van der Waals surface area contributed by atoms with Crippen LogP contribution in [0.15, 0.2) is 17.3 Å². The van der Waals surface area contributed by atoms with Gasteiger partial charge in [-0.15, -0.1) is 0 Å². The Hall–Kier alpha value is -1.56. The predicted octanol–water partition coefficient (Wildman–Crippen LogP) is 0.314. The van der Waals surface area contributed by atoms with E-state index in [1.165, 1.54) is 25.7 Å². The van der Waals surface area contributed by atoms with Crippen molar-refractivity contribution in [2.75, 3.05) is 6.54 Å². The van der Waals surface area contributed by atoms with Gasteiger partial charge in [-0.3, -0.25) is 15.1 Å². The smallest absolute Gasteiger partial charge is 0.205 e. The number of aliphatic imine (C=N–C) groups is 1. The van der Waals surface area contributed by atoms with Crippen LogP contribution in [0.1, 0.15) is 31.4 Å². The molecule has 0 aliphatic heterocycles. The fourth-order valence-corrected chi connectivity index (χ4v) is 2.28. The van der Waals surface area contributed by atoms with Crippen LogP contribution in [0.4, 0.5) is 0 Å². The Morgan fingerprint density at radius 2 is 2.33 bits per heavy atom. The van der Waals surface area contributed by atoms with Gasteiger partial charge in [-0.1, -0.05) is 12.8 Å². The van der Waals surface area contributed by atoms with Crippen LogP contribution in [0, 0.1) is 0 Å². The normalized spacial score (nSPS) is 17.1. The summed E-state index contributed by atoms with van der Waals surface area (Å²) in [6, 6.07) is 2.53. The molecule has 0 unspecified atom stereocenters. The van der Waals surface area contributed by atoms with Gasteiger partial charge in [0.05, 0.1) is 5.69 Å². The lowest BCUT2D eigenvalue weighted by Crippen LogP contribution is -2.45. The van der Waals surface area contributed by atoms with E-state index in [4.69, 9.17) is 5.84 Å². The standard InChI is InChI=1S/C12H22N6/c1-18-9-7-11(17-18)6-8-14-12(16-13)15-10-4-2-3-5-10/h7,9-10H,2-6,8,13H2,1H3,(H2,14,15,16). The molecular weight excluding hydrogens is 228 g/mol. The van der Waals surface area contributed by atoms with Gasteiger partial charge >= 0.3 is 0 Å². The van der Waals surface area contributed by atoms with Crippen LogP contribution in [0.25, 0.3) is 0 Å². The second kappa shape index (κ2) is 6.39. The zero-order valence-corrected chi connectivity index (χ0v) is 10.9. The molecule has 1 aliphatic carbocycles. The van der Waals surface area contributed by atoms with Crippen LogP contribution >= 0.6 is 0 Å². The number of aromatic nitrogens is 2. The highest BCUT2D eigenvalue weighted by Crippen LogP contribution is 2.17. The van der Waals surface area contributed by atoms with Gasteiger partial charge in [-0.2, -0.15) is 5.10 Å². The molecule has 1 aliphatic rings. The van der Waals surface area contributed by atoms with E-state index in [0.717, 1.165) is 12.1 Å². The largest absolute Gasteiger partial charge is 0.353 e. The molecular formula is C12H22N6. The molecule has 1 aromatic rings. The number of nitrogens with one attached hydrogen (secondary N) is 2. The lowest BCUT2D eigenvalue weighted by molar-refractivity contribution is 0.614. The number of nitrogens with two attached hydrogens (primary N) is 1. The molecule has 6 heteroatoms. The molecule has 1 aromatic heterocycles. The number of aryl methyl sites for hydroxylation is 1. The summed E-state index contributed by atoms with van der Waals surface area (Å²) in [7, 11) is 1.92. The third kappa shape index (κ3) is 3.73. The average Bonchev–Trinajstić information content (AvgIpc) is 3.00. The van der Waals surface area contributed by atoms with Crippen molar-refractivity contribution in [2.24, 2.45) is 17.9 Å². The molecule has 1 heterocycles. The minimum atomic E-state index is 0.523. The molecule has 0 radical (unpaired) electrons. The summed E-state index contributed by atoms with van der Waals surface area (Å²) >= 11 is 0. The first kappa shape index (κ1) is 12.9. The summed E-state index contributed by atoms with van der Waals surface area (Å²) < 4.78 is 1.80. The summed E-state index contributed by atoms with van der Waals surface area (Å²) in [6.45, 7) is 0.691. The Kier molecular flexibility index (Phi) is 4.58. The van der Waals surface area contributed by atoms with Gasteiger partial charge in [0.25, 0.3) is 0 Å². The van der Waals surface area contributed by atoms with Crippen molar-refractivity contribution in [3.05, 3.63) is 18.0 Å². The van der Waals surface area contributed by atoms with E-state index >= 15 is 0 Å². The Morgan fingerprint density at radius 1 is 1.56 bits per heavy atom. The molecule has 1 saturated carbocycles. The van der Waals surface area contributed by atoms with E-state index in [1.54, 1.807) is 4.68 Å². The van der Waals surface area contributed by atoms with E-state index in [0.29, 0.717) is 18.5 Å². The van der Waals surface area contributed by atoms with Crippen molar-refractivity contribution < 1.29 is 0 Å². The summed E-state index contributed by atoms with van der Waals surface area (Å²) in [5.74, 6) is 6.16. The topological polar surface area (TPSA) is 80.3 Å². The number of guanidine groups is 1. The Morgan fingerprint density at radius 3 is 2.94 bits per heavy atom. The minimum Gasteiger partial charge on any atom is -0.353 e. The summed E-state index contributed by atoms with van der Waals surface area (Å²) in [6.07, 6.45) is 7.78. The third-order valence-corrected chi connectivity index (χ3v) is 3.24. The number of rotatable bonds is 4. The predicted molar refractivity (Wildman–Crippen MR) is 71.9 cm³/mol. The molecule has 0 saturated heterocycles. The average molecular weight is 250 g/mol. The minimum absolute atomic E-state index is 0.523. The fraction of sp³-hybridized carbons (Fsp3) is 0.667. The molecule has 0 amide bonds. The highest BCUT2D eigenvalue weighted by atomic mass is 15.3. The van der Waals surface area contributed by atoms with Crippen LogP contribution < -0.4 is 16.6 Å². The second-order valence-electron chi connectivity index (χ2n) is 4.73. The number of hydrazine groups is 1. The van der Waals surface area contributed by atoms with Crippen molar-refractivity contribution >= 4 is 5.96 Å². The Labute approximate surface area is 108 Å². The molecule has 100 valence electrons. The summed E-state index contributed by atoms with van der Waals surface area (Å²) in [5, 5.41) is 7.66. The lowest BCUT2D eigenvalue weighted by atomic mass is 10.2. The van der Waals surface area contributed by atoms with Crippen molar-refractivity contribution in [1.82, 2.24) is 20.5 Å². The monoisotopic (exact) mass is 250 g/mol. The van der Waals surface area contributed by atoms with Gasteiger partial charge in [0, 0.05) is 32.3 Å². The van der Waals surface area contributed by atoms with Crippen molar-refractivity contribution in [3.8, 4) is 0 Å². The molecule has 2 rings (SSSR count). The van der Waals surface area contributed by atoms with Crippen LogP contribution in [-0.4, -0.2) is 28.3 Å². The summed E-state index contributed by atoms with van der Waals surface area (Å²) in [4.78, 5) is 4.43. The maximum absolute atomic E-state index is 5.47. The third-order valence-electron chi connectivity index (χ3n) is 3.24. The van der Waals surface area contributed by atoms with E-state index in [-0.39, 0.29) is 0 Å². The van der Waals surface area contributed by atoms with E-state index in [1.807, 2.05) is 19.3 Å². The molecule has 4 N–H and O–H groups in total. The second-order valence-corrected chi connectivity index (χ2v) is 4.73. The Bertz CT molecular complexity index is 391. The van der Waals surface area contributed by atoms with Gasteiger partial charge < -0.3 is 5.32 Å². The maximum atomic E-state index is 5.47. The SMILES string of the molecule is Cn1ccc(CCN=C(NN)NC2CCCC2)n1. The lowest BCUT2D eigenvalue weighted by Gasteiger charge is -2.14. The van der Waals surface area contributed by atoms with Crippen molar-refractivity contribution in [3.63, 3.8) is 0 Å². The molecule has 6 nitrogen and oxygen atoms in total. The van der Waals surface area contributed by atoms with Gasteiger partial charge in [0.1, 0.15) is 0 Å². The first-order valence-corrected chi connectivity index (χ1v) is 6.54. The highest BCUT2D eigenvalue weighted by molar-refractivity contribution is 5.79. The van der Waals surface area contributed by atoms with Gasteiger partial charge in [0.15, 0.2) is 0 Å². The molecule has 0 bridgehead atoms. The summed E-state index contributed by atoms with van der Waals surface area (Å²) in [5.41, 5.74) is 3.69. The Balaban J connectivity index is 1.78. The highest BCUT2D eigenvalue weighted by Gasteiger charge is 2.15. The van der Waals surface area contributed by atoms with Crippen LogP contribution in [0.5, 0.6) is 0 Å². The zero-order chi connectivity index (χ0) is 12.8. The number of hydrogen-bond acceptors (Lipinski definition) is 3. The fourth-order valence-electron chi connectivity index (χ4n) is 2.28. The first-order valence-electron chi connectivity index (χ1n) is 6.54. The van der Waals surface area contributed by atoms with Crippen LogP contribution in [0.3, 0.4) is 0 Å². The molecule has 0 spiro atoms. The quantitative estimate of drug-likeness (QED) is 0.311. The van der Waals surface area contributed by atoms with Gasteiger partial charge in [0.2, 0.25) is 5.96 Å². The number of hydrogen-bond donors (Lipinski definition) is 3. The molecule has 18 heavy (non-hydrogen) atoms. The molecule has 1 fully saturated rings. The zero-order valence-electron chi connectivity index (χ0n) is 10.9. The van der Waals surface area contributed by atoms with Crippen LogP contribution in [-0.2, 0) is 13.5 Å². The van der Waals surface area contributed by atoms with Crippen molar-refractivity contribution in [2.45, 2.75) is 38.1 Å².